The van der Waals surface area contributed by atoms with Gasteiger partial charge in [0.05, 0.1) is 0 Å². The molecule has 0 radical (unpaired) electrons. The van der Waals surface area contributed by atoms with Crippen molar-refractivity contribution in [3.8, 4) is 0 Å². The zero-order valence-corrected chi connectivity index (χ0v) is 9.51. The zero-order chi connectivity index (χ0) is 10.4. The molecule has 0 aliphatic carbocycles. The maximum absolute atomic E-state index is 11.6. The summed E-state index contributed by atoms with van der Waals surface area (Å²) in [4.78, 5) is 11.6. The normalized spacial score (nSPS) is 21.8. The van der Waals surface area contributed by atoms with Crippen LogP contribution in [0.2, 0.25) is 0 Å². The molecule has 2 nitrogen and oxygen atoms in total. The van der Waals surface area contributed by atoms with Gasteiger partial charge in [-0.15, -0.1) is 0 Å². The van der Waals surface area contributed by atoms with E-state index < -0.39 is 0 Å². The molecule has 1 fully saturated rings. The van der Waals surface area contributed by atoms with Crippen LogP contribution in [0.25, 0.3) is 0 Å². The van der Waals surface area contributed by atoms with E-state index in [2.05, 4.69) is 19.2 Å². The molecule has 1 aliphatic rings. The van der Waals surface area contributed by atoms with Crippen molar-refractivity contribution in [1.82, 2.24) is 5.32 Å². The van der Waals surface area contributed by atoms with Crippen molar-refractivity contribution in [1.29, 1.82) is 0 Å². The maximum atomic E-state index is 11.6. The summed E-state index contributed by atoms with van der Waals surface area (Å²) in [6.07, 6.45) is 5.07. The summed E-state index contributed by atoms with van der Waals surface area (Å²) in [7, 11) is 0. The van der Waals surface area contributed by atoms with Gasteiger partial charge in [0, 0.05) is 12.8 Å². The van der Waals surface area contributed by atoms with Crippen LogP contribution in [0.3, 0.4) is 0 Å². The molecule has 1 heterocycles. The summed E-state index contributed by atoms with van der Waals surface area (Å²) in [5, 5.41) is 3.30. The third-order valence-electron chi connectivity index (χ3n) is 2.92. The first-order valence-electron chi connectivity index (χ1n) is 5.91. The summed E-state index contributed by atoms with van der Waals surface area (Å²) in [5.74, 6) is 1.83. The van der Waals surface area contributed by atoms with Crippen molar-refractivity contribution >= 4 is 5.78 Å². The lowest BCUT2D eigenvalue weighted by Crippen LogP contribution is -2.12. The van der Waals surface area contributed by atoms with Gasteiger partial charge in [0.2, 0.25) is 0 Å². The minimum Gasteiger partial charge on any atom is -0.316 e. The van der Waals surface area contributed by atoms with Gasteiger partial charge in [0.25, 0.3) is 0 Å². The molecular formula is C12H23NO. The molecule has 82 valence electrons. The topological polar surface area (TPSA) is 29.1 Å². The maximum Gasteiger partial charge on any atom is 0.133 e. The first-order chi connectivity index (χ1) is 6.68. The number of hydrogen-bond acceptors (Lipinski definition) is 2. The molecule has 1 unspecified atom stereocenters. The van der Waals surface area contributed by atoms with E-state index in [4.69, 9.17) is 0 Å². The Hall–Kier alpha value is -0.370. The highest BCUT2D eigenvalue weighted by molar-refractivity contribution is 5.78. The van der Waals surface area contributed by atoms with Crippen LogP contribution in [-0.2, 0) is 4.79 Å². The van der Waals surface area contributed by atoms with Crippen molar-refractivity contribution in [2.24, 2.45) is 11.8 Å². The third-order valence-corrected chi connectivity index (χ3v) is 2.92. The number of ketones is 1. The van der Waals surface area contributed by atoms with Gasteiger partial charge < -0.3 is 5.32 Å². The summed E-state index contributed by atoms with van der Waals surface area (Å²) in [5.41, 5.74) is 0. The fourth-order valence-electron chi connectivity index (χ4n) is 2.02. The van der Waals surface area contributed by atoms with E-state index in [1.54, 1.807) is 0 Å². The second kappa shape index (κ2) is 6.18. The number of hydrogen-bond donors (Lipinski definition) is 1. The van der Waals surface area contributed by atoms with Gasteiger partial charge in [-0.3, -0.25) is 4.79 Å². The number of nitrogens with one attached hydrogen (secondary N) is 1. The molecule has 2 heteroatoms. The molecule has 1 aliphatic heterocycles. The van der Waals surface area contributed by atoms with Crippen LogP contribution >= 0.6 is 0 Å². The summed E-state index contributed by atoms with van der Waals surface area (Å²) in [6, 6.07) is 0. The molecule has 14 heavy (non-hydrogen) atoms. The predicted octanol–water partition coefficient (Wildman–Crippen LogP) is 2.38. The monoisotopic (exact) mass is 197 g/mol. The highest BCUT2D eigenvalue weighted by atomic mass is 16.1. The van der Waals surface area contributed by atoms with Crippen LogP contribution < -0.4 is 5.32 Å². The molecule has 0 aromatic rings. The van der Waals surface area contributed by atoms with Gasteiger partial charge in [-0.1, -0.05) is 20.3 Å². The van der Waals surface area contributed by atoms with Crippen molar-refractivity contribution in [2.75, 3.05) is 13.1 Å². The lowest BCUT2D eigenvalue weighted by Gasteiger charge is -2.07. The Bertz CT molecular complexity index is 171. The van der Waals surface area contributed by atoms with Crippen LogP contribution in [0.15, 0.2) is 0 Å². The fraction of sp³-hybridized carbons (Fsp3) is 0.917. The Morgan fingerprint density at radius 3 is 2.86 bits per heavy atom. The first kappa shape index (κ1) is 11.7. The standard InChI is InChI=1S/C12H23NO/c1-10(2)4-3-5-12(14)8-11-6-7-13-9-11/h10-11,13H,3-9H2,1-2H3. The summed E-state index contributed by atoms with van der Waals surface area (Å²) < 4.78 is 0. The van der Waals surface area contributed by atoms with E-state index in [0.29, 0.717) is 11.7 Å². The van der Waals surface area contributed by atoms with Crippen LogP contribution in [0.1, 0.15) is 46.0 Å². The minimum absolute atomic E-state index is 0.472. The van der Waals surface area contributed by atoms with Gasteiger partial charge in [-0.2, -0.15) is 0 Å². The molecule has 0 saturated carbocycles. The lowest BCUT2D eigenvalue weighted by atomic mass is 9.97. The molecule has 0 aromatic carbocycles. The number of carbonyl (C=O) groups is 1. The van der Waals surface area contributed by atoms with E-state index in [1.807, 2.05) is 0 Å². The molecule has 1 rings (SSSR count). The highest BCUT2D eigenvalue weighted by Crippen LogP contribution is 2.15. The Kier molecular flexibility index (Phi) is 5.16. The minimum atomic E-state index is 0.472. The van der Waals surface area contributed by atoms with E-state index in [0.717, 1.165) is 38.3 Å². The largest absolute Gasteiger partial charge is 0.316 e. The molecular weight excluding hydrogens is 174 g/mol. The SMILES string of the molecule is CC(C)CCCC(=O)CC1CCNC1. The Morgan fingerprint density at radius 2 is 2.29 bits per heavy atom. The first-order valence-corrected chi connectivity index (χ1v) is 5.91. The van der Waals surface area contributed by atoms with Gasteiger partial charge in [0.1, 0.15) is 5.78 Å². The van der Waals surface area contributed by atoms with Gasteiger partial charge in [-0.25, -0.2) is 0 Å². The second-order valence-electron chi connectivity index (χ2n) is 4.89. The van der Waals surface area contributed by atoms with E-state index in [1.165, 1.54) is 12.8 Å². The van der Waals surface area contributed by atoms with Crippen molar-refractivity contribution in [3.63, 3.8) is 0 Å². The zero-order valence-electron chi connectivity index (χ0n) is 9.51. The quantitative estimate of drug-likeness (QED) is 0.708. The average Bonchev–Trinajstić information content (AvgIpc) is 2.56. The lowest BCUT2D eigenvalue weighted by molar-refractivity contribution is -0.120. The van der Waals surface area contributed by atoms with Crippen LogP contribution in [-0.4, -0.2) is 18.9 Å². The van der Waals surface area contributed by atoms with Crippen LogP contribution in [0.4, 0.5) is 0 Å². The molecule has 0 bridgehead atoms. The van der Waals surface area contributed by atoms with Crippen molar-refractivity contribution in [2.45, 2.75) is 46.0 Å². The molecule has 1 N–H and O–H groups in total. The number of carbonyl (C=O) groups excluding carboxylic acids is 1. The van der Waals surface area contributed by atoms with Gasteiger partial charge in [-0.05, 0) is 37.8 Å². The smallest absolute Gasteiger partial charge is 0.133 e. The predicted molar refractivity (Wildman–Crippen MR) is 59.3 cm³/mol. The molecule has 0 spiro atoms. The summed E-state index contributed by atoms with van der Waals surface area (Å²) >= 11 is 0. The fourth-order valence-corrected chi connectivity index (χ4v) is 2.02. The van der Waals surface area contributed by atoms with Crippen LogP contribution in [0, 0.1) is 11.8 Å². The van der Waals surface area contributed by atoms with E-state index in [9.17, 15) is 4.79 Å². The highest BCUT2D eigenvalue weighted by Gasteiger charge is 2.17. The molecule has 0 amide bonds. The number of Topliss-reactive ketones (excluding diaryl/α,β-unsaturated/α-hetero) is 1. The van der Waals surface area contributed by atoms with Crippen molar-refractivity contribution in [3.05, 3.63) is 0 Å². The van der Waals surface area contributed by atoms with Gasteiger partial charge >= 0.3 is 0 Å². The Labute approximate surface area is 87.5 Å². The third kappa shape index (κ3) is 4.75. The molecule has 1 saturated heterocycles. The van der Waals surface area contributed by atoms with Gasteiger partial charge in [0.15, 0.2) is 0 Å². The Balaban J connectivity index is 2.03. The second-order valence-corrected chi connectivity index (χ2v) is 4.89. The molecule has 1 atom stereocenters. The van der Waals surface area contributed by atoms with E-state index >= 15 is 0 Å². The average molecular weight is 197 g/mol. The van der Waals surface area contributed by atoms with Crippen LogP contribution in [0.5, 0.6) is 0 Å². The van der Waals surface area contributed by atoms with E-state index in [-0.39, 0.29) is 0 Å². The Morgan fingerprint density at radius 1 is 1.50 bits per heavy atom. The summed E-state index contributed by atoms with van der Waals surface area (Å²) in [6.45, 7) is 6.58. The number of rotatable bonds is 6. The molecule has 0 aromatic heterocycles. The van der Waals surface area contributed by atoms with Crippen molar-refractivity contribution < 1.29 is 4.79 Å².